The Morgan fingerprint density at radius 1 is 1.30 bits per heavy atom. The predicted octanol–water partition coefficient (Wildman–Crippen LogP) is 2.61. The van der Waals surface area contributed by atoms with E-state index in [9.17, 15) is 4.79 Å². The van der Waals surface area contributed by atoms with E-state index in [-0.39, 0.29) is 5.97 Å². The number of esters is 1. The van der Waals surface area contributed by atoms with Crippen LogP contribution < -0.4 is 4.90 Å². The van der Waals surface area contributed by atoms with Gasteiger partial charge in [-0.15, -0.1) is 0 Å². The maximum Gasteiger partial charge on any atom is 0.318 e. The van der Waals surface area contributed by atoms with E-state index < -0.39 is 5.92 Å². The first-order valence-corrected chi connectivity index (χ1v) is 7.28. The zero-order valence-electron chi connectivity index (χ0n) is 13.0. The van der Waals surface area contributed by atoms with E-state index in [2.05, 4.69) is 10.1 Å². The van der Waals surface area contributed by atoms with Gasteiger partial charge in [-0.1, -0.05) is 13.8 Å². The first kappa shape index (κ1) is 16.5. The Morgan fingerprint density at radius 2 is 1.95 bits per heavy atom. The molecule has 0 aliphatic carbocycles. The van der Waals surface area contributed by atoms with Gasteiger partial charge in [0.25, 0.3) is 5.95 Å². The Labute approximate surface area is 120 Å². The smallest absolute Gasteiger partial charge is 0.318 e. The number of hydrogen-bond donors (Lipinski definition) is 0. The lowest BCUT2D eigenvalue weighted by molar-refractivity contribution is -0.146. The van der Waals surface area contributed by atoms with Crippen molar-refractivity contribution in [2.75, 3.05) is 24.6 Å². The molecule has 20 heavy (non-hydrogen) atoms. The molecule has 0 amide bonds. The van der Waals surface area contributed by atoms with Crippen LogP contribution in [0.1, 0.15) is 52.8 Å². The van der Waals surface area contributed by atoms with Crippen LogP contribution in [0.25, 0.3) is 0 Å². The Hall–Kier alpha value is -1.59. The number of aromatic nitrogens is 2. The van der Waals surface area contributed by atoms with Gasteiger partial charge >= 0.3 is 5.97 Å². The Bertz CT molecular complexity index is 414. The highest BCUT2D eigenvalue weighted by Gasteiger charge is 2.29. The van der Waals surface area contributed by atoms with Gasteiger partial charge < -0.3 is 14.2 Å². The van der Waals surface area contributed by atoms with E-state index in [1.54, 1.807) is 6.92 Å². The van der Waals surface area contributed by atoms with E-state index in [0.29, 0.717) is 30.8 Å². The Balaban J connectivity index is 2.93. The molecular formula is C14H25N3O3. The highest BCUT2D eigenvalue weighted by Crippen LogP contribution is 2.25. The molecule has 6 heteroatoms. The van der Waals surface area contributed by atoms with Crippen LogP contribution in [-0.4, -0.2) is 35.8 Å². The third-order valence-corrected chi connectivity index (χ3v) is 3.05. The molecule has 6 nitrogen and oxygen atoms in total. The molecule has 0 fully saturated rings. The lowest BCUT2D eigenvalue weighted by Gasteiger charge is -2.15. The molecule has 1 aromatic heterocycles. The van der Waals surface area contributed by atoms with E-state index in [0.717, 1.165) is 13.1 Å². The molecular weight excluding hydrogens is 258 g/mol. The minimum atomic E-state index is -0.480. The Kier molecular flexibility index (Phi) is 6.48. The molecule has 1 atom stereocenters. The van der Waals surface area contributed by atoms with E-state index in [1.165, 1.54) is 0 Å². The van der Waals surface area contributed by atoms with E-state index in [1.807, 2.05) is 32.6 Å². The predicted molar refractivity (Wildman–Crippen MR) is 76.7 cm³/mol. The maximum atomic E-state index is 12.0. The van der Waals surface area contributed by atoms with Crippen LogP contribution in [0.15, 0.2) is 4.52 Å². The van der Waals surface area contributed by atoms with Gasteiger partial charge in [0.1, 0.15) is 5.92 Å². The first-order valence-electron chi connectivity index (χ1n) is 7.28. The van der Waals surface area contributed by atoms with Crippen molar-refractivity contribution < 1.29 is 14.1 Å². The standard InChI is InChI=1S/C14H25N3O3/c1-6-17(7-2)14-15-12(20-16-14)11(9-10(4)5)13(18)19-8-3/h10-11H,6-9H2,1-5H3. The van der Waals surface area contributed by atoms with Crippen molar-refractivity contribution in [2.45, 2.75) is 47.0 Å². The van der Waals surface area contributed by atoms with Crippen molar-refractivity contribution in [2.24, 2.45) is 5.92 Å². The van der Waals surface area contributed by atoms with E-state index >= 15 is 0 Å². The van der Waals surface area contributed by atoms with Gasteiger partial charge in [-0.25, -0.2) is 0 Å². The summed E-state index contributed by atoms with van der Waals surface area (Å²) in [5.74, 6) is 0.443. The largest absolute Gasteiger partial charge is 0.465 e. The molecule has 1 aromatic rings. The SMILES string of the molecule is CCOC(=O)C(CC(C)C)c1nc(N(CC)CC)no1. The summed E-state index contributed by atoms with van der Waals surface area (Å²) < 4.78 is 10.4. The monoisotopic (exact) mass is 283 g/mol. The van der Waals surface area contributed by atoms with Crippen LogP contribution in [0.5, 0.6) is 0 Å². The van der Waals surface area contributed by atoms with Crippen molar-refractivity contribution in [3.63, 3.8) is 0 Å². The quantitative estimate of drug-likeness (QED) is 0.683. The fraction of sp³-hybridized carbons (Fsp3) is 0.786. The number of hydrogen-bond acceptors (Lipinski definition) is 6. The molecule has 1 heterocycles. The summed E-state index contributed by atoms with van der Waals surface area (Å²) >= 11 is 0. The molecule has 0 saturated carbocycles. The number of ether oxygens (including phenoxy) is 1. The zero-order valence-corrected chi connectivity index (χ0v) is 13.0. The molecule has 0 aromatic carbocycles. The second kappa shape index (κ2) is 7.87. The highest BCUT2D eigenvalue weighted by atomic mass is 16.5. The second-order valence-corrected chi connectivity index (χ2v) is 5.04. The zero-order chi connectivity index (χ0) is 15.1. The van der Waals surface area contributed by atoms with Crippen LogP contribution in [0.3, 0.4) is 0 Å². The van der Waals surface area contributed by atoms with Gasteiger partial charge in [-0.2, -0.15) is 4.98 Å². The maximum absolute atomic E-state index is 12.0. The Morgan fingerprint density at radius 3 is 2.45 bits per heavy atom. The van der Waals surface area contributed by atoms with Crippen LogP contribution >= 0.6 is 0 Å². The summed E-state index contributed by atoms with van der Waals surface area (Å²) in [4.78, 5) is 18.4. The normalized spacial score (nSPS) is 12.5. The van der Waals surface area contributed by atoms with Crippen molar-refractivity contribution >= 4 is 11.9 Å². The highest BCUT2D eigenvalue weighted by molar-refractivity contribution is 5.76. The number of rotatable bonds is 8. The van der Waals surface area contributed by atoms with Crippen LogP contribution in [0.2, 0.25) is 0 Å². The van der Waals surface area contributed by atoms with Crippen molar-refractivity contribution in [1.29, 1.82) is 0 Å². The fourth-order valence-corrected chi connectivity index (χ4v) is 2.02. The molecule has 1 unspecified atom stereocenters. The molecule has 1 rings (SSSR count). The summed E-state index contributed by atoms with van der Waals surface area (Å²) in [6, 6.07) is 0. The lowest BCUT2D eigenvalue weighted by atomic mass is 9.97. The third-order valence-electron chi connectivity index (χ3n) is 3.05. The summed E-state index contributed by atoms with van der Waals surface area (Å²) in [6.45, 7) is 11.9. The van der Waals surface area contributed by atoms with E-state index in [4.69, 9.17) is 9.26 Å². The van der Waals surface area contributed by atoms with Gasteiger partial charge in [-0.3, -0.25) is 4.79 Å². The molecule has 0 N–H and O–H groups in total. The topological polar surface area (TPSA) is 68.5 Å². The van der Waals surface area contributed by atoms with Gasteiger partial charge in [0.2, 0.25) is 5.89 Å². The molecule has 0 bridgehead atoms. The summed E-state index contributed by atoms with van der Waals surface area (Å²) in [7, 11) is 0. The average molecular weight is 283 g/mol. The molecule has 0 aliphatic rings. The number of anilines is 1. The van der Waals surface area contributed by atoms with Gasteiger partial charge in [0, 0.05) is 13.1 Å². The van der Waals surface area contributed by atoms with Gasteiger partial charge in [0.15, 0.2) is 0 Å². The first-order chi connectivity index (χ1) is 9.53. The van der Waals surface area contributed by atoms with Crippen molar-refractivity contribution in [3.8, 4) is 0 Å². The number of carbonyl (C=O) groups excluding carboxylic acids is 1. The average Bonchev–Trinajstić information content (AvgIpc) is 2.87. The fourth-order valence-electron chi connectivity index (χ4n) is 2.02. The summed E-state index contributed by atoms with van der Waals surface area (Å²) in [5, 5.41) is 3.96. The third kappa shape index (κ3) is 4.21. The van der Waals surface area contributed by atoms with Gasteiger partial charge in [0.05, 0.1) is 6.61 Å². The molecule has 0 saturated heterocycles. The number of carbonyl (C=O) groups is 1. The molecule has 0 spiro atoms. The molecule has 114 valence electrons. The van der Waals surface area contributed by atoms with Crippen molar-refractivity contribution in [1.82, 2.24) is 10.1 Å². The van der Waals surface area contributed by atoms with Crippen LogP contribution in [0.4, 0.5) is 5.95 Å². The summed E-state index contributed by atoms with van der Waals surface area (Å²) in [6.07, 6.45) is 0.638. The number of nitrogens with zero attached hydrogens (tertiary/aromatic N) is 3. The molecule has 0 radical (unpaired) electrons. The molecule has 0 aliphatic heterocycles. The minimum absolute atomic E-state index is 0.295. The van der Waals surface area contributed by atoms with Gasteiger partial charge in [-0.05, 0) is 38.3 Å². The van der Waals surface area contributed by atoms with Crippen molar-refractivity contribution in [3.05, 3.63) is 5.89 Å². The second-order valence-electron chi connectivity index (χ2n) is 5.04. The van der Waals surface area contributed by atoms with Crippen LogP contribution in [0, 0.1) is 5.92 Å². The summed E-state index contributed by atoms with van der Waals surface area (Å²) in [5.41, 5.74) is 0. The minimum Gasteiger partial charge on any atom is -0.465 e. The lowest BCUT2D eigenvalue weighted by Crippen LogP contribution is -2.23. The van der Waals surface area contributed by atoms with Crippen LogP contribution in [-0.2, 0) is 9.53 Å².